The van der Waals surface area contributed by atoms with Crippen molar-refractivity contribution in [2.24, 2.45) is 0 Å². The number of furan rings is 1. The predicted octanol–water partition coefficient (Wildman–Crippen LogP) is 2.25. The maximum absolute atomic E-state index is 12.3. The second kappa shape index (κ2) is 4.84. The number of carbonyl (C=O) groups excluding carboxylic acids is 1. The SMILES string of the molecule is O=C(c1ccco1)N1CCc2cc3c(cc2C1)OCCO3. The molecule has 0 atom stereocenters. The van der Waals surface area contributed by atoms with E-state index < -0.39 is 0 Å². The third-order valence-corrected chi connectivity index (χ3v) is 3.90. The van der Waals surface area contributed by atoms with Gasteiger partial charge in [-0.05, 0) is 41.8 Å². The summed E-state index contributed by atoms with van der Waals surface area (Å²) >= 11 is 0. The van der Waals surface area contributed by atoms with Crippen LogP contribution in [0.5, 0.6) is 11.5 Å². The molecule has 0 saturated heterocycles. The summed E-state index contributed by atoms with van der Waals surface area (Å²) in [4.78, 5) is 14.1. The number of rotatable bonds is 1. The number of amides is 1. The smallest absolute Gasteiger partial charge is 0.289 e. The Kier molecular flexibility index (Phi) is 2.84. The molecule has 1 amide bonds. The third-order valence-electron chi connectivity index (χ3n) is 3.90. The minimum Gasteiger partial charge on any atom is -0.486 e. The Bertz CT molecular complexity index is 678. The van der Waals surface area contributed by atoms with Crippen molar-refractivity contribution >= 4 is 5.91 Å². The summed E-state index contributed by atoms with van der Waals surface area (Å²) in [5, 5.41) is 0. The van der Waals surface area contributed by atoms with Crippen LogP contribution in [0, 0.1) is 0 Å². The molecule has 3 heterocycles. The van der Waals surface area contributed by atoms with Crippen LogP contribution in [0.2, 0.25) is 0 Å². The van der Waals surface area contributed by atoms with Crippen LogP contribution in [0.3, 0.4) is 0 Å². The van der Waals surface area contributed by atoms with E-state index in [1.165, 1.54) is 11.8 Å². The fourth-order valence-corrected chi connectivity index (χ4v) is 2.82. The first-order chi connectivity index (χ1) is 10.3. The van der Waals surface area contributed by atoms with E-state index in [0.29, 0.717) is 32.1 Å². The molecule has 108 valence electrons. The van der Waals surface area contributed by atoms with Gasteiger partial charge in [0.2, 0.25) is 0 Å². The number of nitrogens with zero attached hydrogens (tertiary/aromatic N) is 1. The lowest BCUT2D eigenvalue weighted by molar-refractivity contribution is 0.0701. The van der Waals surface area contributed by atoms with Gasteiger partial charge in [0.1, 0.15) is 13.2 Å². The first-order valence-electron chi connectivity index (χ1n) is 7.05. The topological polar surface area (TPSA) is 51.9 Å². The van der Waals surface area contributed by atoms with Crippen molar-refractivity contribution in [3.05, 3.63) is 47.4 Å². The van der Waals surface area contributed by atoms with Gasteiger partial charge >= 0.3 is 0 Å². The van der Waals surface area contributed by atoms with Crippen LogP contribution in [0.1, 0.15) is 21.7 Å². The van der Waals surface area contributed by atoms with Gasteiger partial charge in [-0.2, -0.15) is 0 Å². The molecule has 4 rings (SSSR count). The van der Waals surface area contributed by atoms with E-state index in [9.17, 15) is 4.79 Å². The van der Waals surface area contributed by atoms with E-state index in [2.05, 4.69) is 0 Å². The molecule has 0 N–H and O–H groups in total. The summed E-state index contributed by atoms with van der Waals surface area (Å²) in [5.74, 6) is 1.90. The zero-order valence-corrected chi connectivity index (χ0v) is 11.5. The van der Waals surface area contributed by atoms with E-state index in [1.54, 1.807) is 17.0 Å². The van der Waals surface area contributed by atoms with Gasteiger partial charge in [0.15, 0.2) is 17.3 Å². The first kappa shape index (κ1) is 12.3. The van der Waals surface area contributed by atoms with Gasteiger partial charge < -0.3 is 18.8 Å². The van der Waals surface area contributed by atoms with Crippen LogP contribution in [-0.2, 0) is 13.0 Å². The van der Waals surface area contributed by atoms with Crippen molar-refractivity contribution in [2.45, 2.75) is 13.0 Å². The van der Waals surface area contributed by atoms with Crippen LogP contribution in [0.15, 0.2) is 34.9 Å². The van der Waals surface area contributed by atoms with Gasteiger partial charge in [-0.3, -0.25) is 4.79 Å². The summed E-state index contributed by atoms with van der Waals surface area (Å²) in [7, 11) is 0. The minimum atomic E-state index is -0.0689. The molecule has 0 spiro atoms. The molecule has 0 radical (unpaired) electrons. The quantitative estimate of drug-likeness (QED) is 0.806. The Balaban J connectivity index is 1.61. The summed E-state index contributed by atoms with van der Waals surface area (Å²) in [6.45, 7) is 2.42. The molecular weight excluding hydrogens is 270 g/mol. The molecule has 0 saturated carbocycles. The van der Waals surface area contributed by atoms with Crippen molar-refractivity contribution in [2.75, 3.05) is 19.8 Å². The van der Waals surface area contributed by atoms with E-state index in [4.69, 9.17) is 13.9 Å². The lowest BCUT2D eigenvalue weighted by atomic mass is 9.98. The van der Waals surface area contributed by atoms with E-state index in [-0.39, 0.29) is 5.91 Å². The van der Waals surface area contributed by atoms with E-state index in [0.717, 1.165) is 23.5 Å². The Morgan fingerprint density at radius 2 is 1.86 bits per heavy atom. The number of ether oxygens (including phenoxy) is 2. The number of fused-ring (bicyclic) bond motifs is 2. The van der Waals surface area contributed by atoms with Gasteiger partial charge in [0, 0.05) is 13.1 Å². The Morgan fingerprint density at radius 3 is 2.57 bits per heavy atom. The summed E-state index contributed by atoms with van der Waals surface area (Å²) in [5.41, 5.74) is 2.34. The van der Waals surface area contributed by atoms with Crippen molar-refractivity contribution in [1.29, 1.82) is 0 Å². The molecule has 1 aromatic carbocycles. The number of hydrogen-bond donors (Lipinski definition) is 0. The number of carbonyl (C=O) groups is 1. The summed E-state index contributed by atoms with van der Waals surface area (Å²) in [6.07, 6.45) is 2.34. The standard InChI is InChI=1S/C16H15NO4/c18-16(13-2-1-5-19-13)17-4-3-11-8-14-15(9-12(11)10-17)21-7-6-20-14/h1-2,5,8-9H,3-4,6-7,10H2. The highest BCUT2D eigenvalue weighted by molar-refractivity contribution is 5.91. The molecular formula is C16H15NO4. The second-order valence-corrected chi connectivity index (χ2v) is 5.22. The Labute approximate surface area is 122 Å². The third kappa shape index (κ3) is 2.14. The average molecular weight is 285 g/mol. The van der Waals surface area contributed by atoms with Gasteiger partial charge in [-0.1, -0.05) is 0 Å². The molecule has 1 aromatic heterocycles. The van der Waals surface area contributed by atoms with E-state index in [1.807, 2.05) is 12.1 Å². The van der Waals surface area contributed by atoms with Crippen LogP contribution >= 0.6 is 0 Å². The second-order valence-electron chi connectivity index (χ2n) is 5.22. The lowest BCUT2D eigenvalue weighted by Gasteiger charge is -2.30. The highest BCUT2D eigenvalue weighted by atomic mass is 16.6. The first-order valence-corrected chi connectivity index (χ1v) is 7.05. The fraction of sp³-hybridized carbons (Fsp3) is 0.312. The molecule has 2 aliphatic rings. The average Bonchev–Trinajstić information content (AvgIpc) is 3.06. The molecule has 21 heavy (non-hydrogen) atoms. The number of benzene rings is 1. The van der Waals surface area contributed by atoms with Crippen molar-refractivity contribution in [3.63, 3.8) is 0 Å². The van der Waals surface area contributed by atoms with Crippen molar-refractivity contribution in [3.8, 4) is 11.5 Å². The maximum atomic E-state index is 12.3. The Morgan fingerprint density at radius 1 is 1.10 bits per heavy atom. The Hall–Kier alpha value is -2.43. The predicted molar refractivity (Wildman–Crippen MR) is 74.6 cm³/mol. The molecule has 2 aliphatic heterocycles. The molecule has 0 aliphatic carbocycles. The van der Waals surface area contributed by atoms with Gasteiger partial charge in [0.25, 0.3) is 5.91 Å². The monoisotopic (exact) mass is 285 g/mol. The van der Waals surface area contributed by atoms with Gasteiger partial charge in [0.05, 0.1) is 6.26 Å². The van der Waals surface area contributed by atoms with Gasteiger partial charge in [-0.25, -0.2) is 0 Å². The zero-order chi connectivity index (χ0) is 14.2. The molecule has 5 heteroatoms. The summed E-state index contributed by atoms with van der Waals surface area (Å²) < 4.78 is 16.4. The van der Waals surface area contributed by atoms with Crippen LogP contribution in [0.25, 0.3) is 0 Å². The van der Waals surface area contributed by atoms with Crippen molar-refractivity contribution in [1.82, 2.24) is 4.90 Å². The minimum absolute atomic E-state index is 0.0689. The maximum Gasteiger partial charge on any atom is 0.289 e. The molecule has 2 aromatic rings. The normalized spacial score (nSPS) is 16.5. The molecule has 0 fully saturated rings. The van der Waals surface area contributed by atoms with Gasteiger partial charge in [-0.15, -0.1) is 0 Å². The summed E-state index contributed by atoms with van der Waals surface area (Å²) in [6, 6.07) is 7.46. The molecule has 0 unspecified atom stereocenters. The van der Waals surface area contributed by atoms with E-state index >= 15 is 0 Å². The van der Waals surface area contributed by atoms with Crippen molar-refractivity contribution < 1.29 is 18.7 Å². The molecule has 5 nitrogen and oxygen atoms in total. The van der Waals surface area contributed by atoms with Crippen LogP contribution < -0.4 is 9.47 Å². The van der Waals surface area contributed by atoms with Crippen LogP contribution in [-0.4, -0.2) is 30.6 Å². The largest absolute Gasteiger partial charge is 0.486 e. The highest BCUT2D eigenvalue weighted by Gasteiger charge is 2.25. The highest BCUT2D eigenvalue weighted by Crippen LogP contribution is 2.35. The lowest BCUT2D eigenvalue weighted by Crippen LogP contribution is -2.36. The number of hydrogen-bond acceptors (Lipinski definition) is 4. The molecule has 0 bridgehead atoms. The fourth-order valence-electron chi connectivity index (χ4n) is 2.82. The van der Waals surface area contributed by atoms with Crippen LogP contribution in [0.4, 0.5) is 0 Å². The zero-order valence-electron chi connectivity index (χ0n) is 11.5.